The molecule has 10 heterocycles. The standard InChI is InChI=1S/C15H12N2O2.C15H14N2.C14H12N2.C12H8N2.CHN.5CN.Fe.3K/c18-12-6-4-10-2-3-11-5-7-13(19)17-9-1-8-16(12)14(10)15(11)17;1-4-12-6-7-13-5-2-9-17-11-3-10-16(8-1)14(12)15(13)17;1-9-3-5-11-7-8-12-6-4-10(2)16-14(12)13(11)15-9;1-3-9-5-6-10-4-2-8-14-12(10)11(9)13-7-1;6*1-2;;;;/h2-7H,1,8-9H2;1-2,4-9H,3,10-11H2;3-8H,1-2H3;1-8H;2H;;;;;;;;;/q;+2;;;;5*-1;+6;;;. The summed E-state index contributed by atoms with van der Waals surface area (Å²) >= 11 is 0. The Hall–Kier alpha value is -5.87. The SMILES string of the molecule is Cc1ccc2ccc3ccc(C)nc3c2n1.O=c1ccc2ccc3ccc(=O)n4c3c2n1CCC4.[C-]#N.[C-]#N.[C-]#N.[C-]#N.[C-]#N.[C-]#[NH+].[Fe+6].[K].[K].[K].c1cc2ccc3ccc[n+]4c3c2[n+](c1)CCC4.c1cnc2c(c1)ccc1cccnc12. The Morgan fingerprint density at radius 2 is 0.720 bits per heavy atom. The molecular formula is C62H47FeK3N14O2+3. The topological polar surface area (TPSA) is 246 Å². The predicted molar refractivity (Wildman–Crippen MR) is 311 cm³/mol. The quantitative estimate of drug-likeness (QED) is 0.0672. The molecule has 0 saturated heterocycles. The molecule has 0 spiro atoms. The molecule has 0 amide bonds. The van der Waals surface area contributed by atoms with Crippen molar-refractivity contribution in [1.82, 2.24) is 29.1 Å². The molecule has 3 radical (unpaired) electrons. The summed E-state index contributed by atoms with van der Waals surface area (Å²) in [6.45, 7) is 36.3. The van der Waals surface area contributed by atoms with Crippen molar-refractivity contribution >= 4 is 241 Å². The largest absolute Gasteiger partial charge is 6.00 e. The van der Waals surface area contributed by atoms with Crippen LogP contribution in [0.4, 0.5) is 0 Å². The van der Waals surface area contributed by atoms with Crippen molar-refractivity contribution in [3.05, 3.63) is 242 Å². The van der Waals surface area contributed by atoms with Gasteiger partial charge in [-0.05, 0) is 80.9 Å². The van der Waals surface area contributed by atoms with E-state index in [1.54, 1.807) is 33.7 Å². The van der Waals surface area contributed by atoms with Crippen LogP contribution in [0.3, 0.4) is 0 Å². The van der Waals surface area contributed by atoms with Crippen LogP contribution in [0.25, 0.3) is 87.2 Å². The van der Waals surface area contributed by atoms with Crippen LogP contribution in [-0.2, 0) is 43.2 Å². The monoisotopic (exact) mass is 1190 g/mol. The second kappa shape index (κ2) is 38.1. The first-order chi connectivity index (χ1) is 38.4. The van der Waals surface area contributed by atoms with Gasteiger partial charge in [0, 0.05) is 248 Å². The van der Waals surface area contributed by atoms with E-state index in [0.29, 0.717) is 13.1 Å². The summed E-state index contributed by atoms with van der Waals surface area (Å²) in [4.78, 5) is 42.0. The second-order valence-corrected chi connectivity index (χ2v) is 17.0. The van der Waals surface area contributed by atoms with E-state index in [1.807, 2.05) is 62.4 Å². The fourth-order valence-electron chi connectivity index (χ4n) is 9.56. The minimum absolute atomic E-state index is 0. The number of benzene rings is 4. The Morgan fingerprint density at radius 1 is 0.415 bits per heavy atom. The minimum atomic E-state index is 0. The van der Waals surface area contributed by atoms with Gasteiger partial charge in [-0.15, -0.1) is 0 Å². The molecule has 0 saturated carbocycles. The van der Waals surface area contributed by atoms with E-state index in [-0.39, 0.29) is 182 Å². The third kappa shape index (κ3) is 17.1. The maximum Gasteiger partial charge on any atom is 6.00 e. The van der Waals surface area contributed by atoms with Gasteiger partial charge in [0.2, 0.25) is 0 Å². The van der Waals surface area contributed by atoms with Crippen LogP contribution in [-0.4, -0.2) is 183 Å². The number of aromatic nitrogens is 8. The Labute approximate surface area is 613 Å². The van der Waals surface area contributed by atoms with Crippen molar-refractivity contribution in [3.63, 3.8) is 0 Å². The molecule has 12 aromatic rings. The summed E-state index contributed by atoms with van der Waals surface area (Å²) in [7, 11) is 0. The van der Waals surface area contributed by atoms with Crippen molar-refractivity contribution in [2.24, 2.45) is 0 Å². The molecule has 0 unspecified atom stereocenters. The van der Waals surface area contributed by atoms with Crippen molar-refractivity contribution in [3.8, 4) is 0 Å². The summed E-state index contributed by atoms with van der Waals surface area (Å²) < 4.78 is 8.36. The number of fused-ring (bicyclic) bond motifs is 6. The minimum Gasteiger partial charge on any atom is -0.512 e. The molecule has 2 aliphatic heterocycles. The van der Waals surface area contributed by atoms with Crippen LogP contribution >= 0.6 is 0 Å². The molecule has 20 heteroatoms. The van der Waals surface area contributed by atoms with Gasteiger partial charge in [0.15, 0.2) is 25.5 Å². The summed E-state index contributed by atoms with van der Waals surface area (Å²) in [6, 6.07) is 48.6. The third-order valence-electron chi connectivity index (χ3n) is 12.7. The molecule has 385 valence electrons. The maximum absolute atomic E-state index is 12.1. The van der Waals surface area contributed by atoms with Crippen LogP contribution in [0.2, 0.25) is 0 Å². The van der Waals surface area contributed by atoms with Crippen LogP contribution in [0.5, 0.6) is 0 Å². The maximum atomic E-state index is 12.1. The van der Waals surface area contributed by atoms with E-state index in [1.165, 1.54) is 28.2 Å². The van der Waals surface area contributed by atoms with Gasteiger partial charge in [0.05, 0.1) is 50.3 Å². The first kappa shape index (κ1) is 74.1. The number of hydrogen-bond donors (Lipinski definition) is 1. The van der Waals surface area contributed by atoms with Crippen molar-refractivity contribution in [2.75, 3.05) is 0 Å². The summed E-state index contributed by atoms with van der Waals surface area (Å²) in [5.41, 5.74) is 10.6. The molecule has 8 aromatic heterocycles. The van der Waals surface area contributed by atoms with E-state index in [2.05, 4.69) is 126 Å². The summed E-state index contributed by atoms with van der Waals surface area (Å²) in [5.74, 6) is 0. The van der Waals surface area contributed by atoms with Gasteiger partial charge in [0.1, 0.15) is 0 Å². The molecule has 16 nitrogen and oxygen atoms in total. The predicted octanol–water partition coefficient (Wildman–Crippen LogP) is 7.56. The Kier molecular flexibility index (Phi) is 34.4. The first-order valence-electron chi connectivity index (χ1n) is 23.9. The van der Waals surface area contributed by atoms with Crippen molar-refractivity contribution < 1.29 is 31.5 Å². The Bertz CT molecular complexity index is 4050. The Balaban J connectivity index is 0.000000508. The summed E-state index contributed by atoms with van der Waals surface area (Å²) in [5, 5.41) is 45.5. The van der Waals surface area contributed by atoms with Crippen LogP contribution in [0.15, 0.2) is 180 Å². The van der Waals surface area contributed by atoms with Gasteiger partial charge in [-0.2, -0.15) is 9.13 Å². The smallest absolute Gasteiger partial charge is 0.512 e. The number of aryl methyl sites for hydroxylation is 6. The molecule has 0 atom stereocenters. The molecule has 2 aliphatic rings. The van der Waals surface area contributed by atoms with Crippen molar-refractivity contribution in [2.45, 2.75) is 52.9 Å². The second-order valence-electron chi connectivity index (χ2n) is 17.0. The number of pyridine rings is 8. The average Bonchev–Trinajstić information content (AvgIpc) is 3.89. The molecule has 0 bridgehead atoms. The van der Waals surface area contributed by atoms with Gasteiger partial charge in [0.25, 0.3) is 22.2 Å². The normalized spacial score (nSPS) is 10.4. The number of hydrogen-bond acceptors (Lipinski definition) is 11. The molecular weight excluding hydrogens is 1150 g/mol. The van der Waals surface area contributed by atoms with Gasteiger partial charge in [-0.3, -0.25) is 29.5 Å². The molecule has 4 aromatic carbocycles. The fourth-order valence-corrected chi connectivity index (χ4v) is 9.56. The molecule has 0 fully saturated rings. The molecule has 1 N–H and O–H groups in total. The number of nitrogens with zero attached hydrogens (tertiary/aromatic N) is 13. The van der Waals surface area contributed by atoms with Crippen LogP contribution in [0.1, 0.15) is 24.2 Å². The first-order valence-corrected chi connectivity index (χ1v) is 23.9. The van der Waals surface area contributed by atoms with E-state index < -0.39 is 0 Å². The zero-order valence-corrected chi connectivity index (χ0v) is 56.4. The summed E-state index contributed by atoms with van der Waals surface area (Å²) in [6.07, 6.45) is 10.00. The zero-order valence-electron chi connectivity index (χ0n) is 45.9. The number of nitrogens with one attached hydrogen (secondary N) is 1. The van der Waals surface area contributed by atoms with Crippen LogP contribution < -0.4 is 25.5 Å². The zero-order chi connectivity index (χ0) is 56.7. The van der Waals surface area contributed by atoms with Gasteiger partial charge in [-0.1, -0.05) is 60.7 Å². The van der Waals surface area contributed by atoms with E-state index >= 15 is 0 Å². The van der Waals surface area contributed by atoms with E-state index in [4.69, 9.17) is 71.0 Å². The van der Waals surface area contributed by atoms with E-state index in [9.17, 15) is 9.59 Å². The van der Waals surface area contributed by atoms with Gasteiger partial charge < -0.3 is 73.6 Å². The fraction of sp³-hybridized carbons (Fsp3) is 0.129. The average molecular weight is 1190 g/mol. The molecule has 14 rings (SSSR count). The van der Waals surface area contributed by atoms with E-state index in [0.717, 1.165) is 96.3 Å². The third-order valence-corrected chi connectivity index (χ3v) is 12.7. The number of rotatable bonds is 0. The van der Waals surface area contributed by atoms with Gasteiger partial charge in [-0.25, -0.2) is 6.57 Å². The van der Waals surface area contributed by atoms with Crippen molar-refractivity contribution in [1.29, 1.82) is 26.3 Å². The molecule has 0 aliphatic carbocycles. The Morgan fingerprint density at radius 3 is 1.10 bits per heavy atom. The molecule has 82 heavy (non-hydrogen) atoms. The van der Waals surface area contributed by atoms with Gasteiger partial charge >= 0.3 is 17.1 Å². The van der Waals surface area contributed by atoms with Crippen LogP contribution in [0, 0.1) is 79.6 Å².